The Morgan fingerprint density at radius 3 is 2.81 bits per heavy atom. The summed E-state index contributed by atoms with van der Waals surface area (Å²) in [5.74, 6) is 1.71. The summed E-state index contributed by atoms with van der Waals surface area (Å²) in [6.07, 6.45) is 2.89. The van der Waals surface area contributed by atoms with Gasteiger partial charge in [0.05, 0.1) is 17.6 Å². The van der Waals surface area contributed by atoms with Gasteiger partial charge in [0.2, 0.25) is 0 Å². The predicted molar refractivity (Wildman–Crippen MR) is 104 cm³/mol. The van der Waals surface area contributed by atoms with Crippen LogP contribution in [0.5, 0.6) is 0 Å². The number of hydrogen-bond donors (Lipinski definition) is 2. The molecular weight excluding hydrogens is 324 g/mol. The van der Waals surface area contributed by atoms with E-state index in [4.69, 9.17) is 0 Å². The molecule has 2 aromatic heterocycles. The number of nitrogens with zero attached hydrogens (tertiary/aromatic N) is 4. The van der Waals surface area contributed by atoms with Crippen LogP contribution in [0.2, 0.25) is 0 Å². The summed E-state index contributed by atoms with van der Waals surface area (Å²) in [6, 6.07) is 12.8. The van der Waals surface area contributed by atoms with Crippen LogP contribution in [0.4, 0.5) is 5.82 Å². The number of aromatic nitrogens is 4. The third kappa shape index (κ3) is 3.65. The van der Waals surface area contributed by atoms with E-state index < -0.39 is 0 Å². The normalized spacial score (nSPS) is 16.3. The van der Waals surface area contributed by atoms with Gasteiger partial charge in [-0.15, -0.1) is 0 Å². The van der Waals surface area contributed by atoms with Crippen molar-refractivity contribution in [1.82, 2.24) is 24.9 Å². The van der Waals surface area contributed by atoms with E-state index in [9.17, 15) is 0 Å². The summed E-state index contributed by atoms with van der Waals surface area (Å²) in [7, 11) is 0. The third-order valence-electron chi connectivity index (χ3n) is 4.93. The minimum absolute atomic E-state index is 0.579. The smallest absolute Gasteiger partial charge is 0.124 e. The van der Waals surface area contributed by atoms with Gasteiger partial charge in [0, 0.05) is 37.3 Å². The minimum atomic E-state index is 0.579. The molecule has 0 spiro atoms. The Bertz CT molecular complexity index is 861. The van der Waals surface area contributed by atoms with E-state index in [1.807, 2.05) is 28.6 Å². The molecule has 3 aromatic rings. The topological polar surface area (TPSA) is 59.7 Å². The fourth-order valence-electron chi connectivity index (χ4n) is 3.56. The van der Waals surface area contributed by atoms with Crippen LogP contribution >= 0.6 is 0 Å². The molecule has 26 heavy (non-hydrogen) atoms. The lowest BCUT2D eigenvalue weighted by Crippen LogP contribution is -2.36. The van der Waals surface area contributed by atoms with Crippen LogP contribution in [0.25, 0.3) is 5.69 Å². The molecule has 3 heterocycles. The average molecular weight is 350 g/mol. The van der Waals surface area contributed by atoms with Gasteiger partial charge in [-0.1, -0.05) is 12.1 Å². The molecule has 0 radical (unpaired) electrons. The predicted octanol–water partition coefficient (Wildman–Crippen LogP) is 2.56. The number of hydrogen-bond acceptors (Lipinski definition) is 4. The van der Waals surface area contributed by atoms with E-state index in [1.165, 1.54) is 11.3 Å². The molecule has 2 N–H and O–H groups in total. The SMILES string of the molecule is Cc1cc(C)n(-c2ccc(CCNCC3CNc4ccnn4C3)cc2)n1. The van der Waals surface area contributed by atoms with Crippen LogP contribution in [-0.4, -0.2) is 39.2 Å². The first kappa shape index (κ1) is 16.8. The lowest BCUT2D eigenvalue weighted by Gasteiger charge is -2.25. The lowest BCUT2D eigenvalue weighted by atomic mass is 10.1. The first-order valence-electron chi connectivity index (χ1n) is 9.28. The van der Waals surface area contributed by atoms with Crippen LogP contribution in [0, 0.1) is 19.8 Å². The molecule has 0 bridgehead atoms. The molecule has 0 amide bonds. The van der Waals surface area contributed by atoms with Crippen molar-refractivity contribution in [2.24, 2.45) is 5.92 Å². The van der Waals surface area contributed by atoms with Gasteiger partial charge < -0.3 is 10.6 Å². The van der Waals surface area contributed by atoms with E-state index in [-0.39, 0.29) is 0 Å². The van der Waals surface area contributed by atoms with Gasteiger partial charge in [-0.2, -0.15) is 10.2 Å². The van der Waals surface area contributed by atoms with Crippen LogP contribution in [0.3, 0.4) is 0 Å². The van der Waals surface area contributed by atoms with Crippen molar-refractivity contribution < 1.29 is 0 Å². The number of aryl methyl sites for hydroxylation is 2. The van der Waals surface area contributed by atoms with Crippen molar-refractivity contribution >= 4 is 5.82 Å². The van der Waals surface area contributed by atoms with Gasteiger partial charge in [-0.25, -0.2) is 9.36 Å². The van der Waals surface area contributed by atoms with Crippen LogP contribution in [0.1, 0.15) is 17.0 Å². The summed E-state index contributed by atoms with van der Waals surface area (Å²) >= 11 is 0. The van der Waals surface area contributed by atoms with Crippen molar-refractivity contribution in [2.45, 2.75) is 26.8 Å². The van der Waals surface area contributed by atoms with E-state index in [2.05, 4.69) is 58.1 Å². The lowest BCUT2D eigenvalue weighted by molar-refractivity contribution is 0.393. The summed E-state index contributed by atoms with van der Waals surface area (Å²) in [5.41, 5.74) is 4.68. The van der Waals surface area contributed by atoms with Crippen LogP contribution in [-0.2, 0) is 13.0 Å². The van der Waals surface area contributed by atoms with E-state index >= 15 is 0 Å². The Labute approximate surface area is 154 Å². The maximum absolute atomic E-state index is 4.54. The maximum atomic E-state index is 4.54. The largest absolute Gasteiger partial charge is 0.370 e. The fraction of sp³-hybridized carbons (Fsp3) is 0.400. The number of nitrogens with one attached hydrogen (secondary N) is 2. The molecule has 0 saturated heterocycles. The van der Waals surface area contributed by atoms with Gasteiger partial charge >= 0.3 is 0 Å². The standard InChI is InChI=1S/C20H26N6/c1-15-11-16(2)26(24-15)19-5-3-17(4-6-19)7-9-21-12-18-13-22-20-8-10-23-25(20)14-18/h3-6,8,10-11,18,21-22H,7,9,12-14H2,1-2H3. The molecule has 4 rings (SSSR count). The molecule has 1 atom stereocenters. The number of fused-ring (bicyclic) bond motifs is 1. The van der Waals surface area contributed by atoms with Gasteiger partial charge in [-0.05, 0) is 50.6 Å². The van der Waals surface area contributed by atoms with Gasteiger partial charge in [-0.3, -0.25) is 0 Å². The number of benzene rings is 1. The highest BCUT2D eigenvalue weighted by Gasteiger charge is 2.17. The molecule has 1 aromatic carbocycles. The Kier molecular flexibility index (Phi) is 4.75. The minimum Gasteiger partial charge on any atom is -0.370 e. The third-order valence-corrected chi connectivity index (χ3v) is 4.93. The zero-order valence-corrected chi connectivity index (χ0v) is 15.4. The van der Waals surface area contributed by atoms with Crippen molar-refractivity contribution in [1.29, 1.82) is 0 Å². The quantitative estimate of drug-likeness (QED) is 0.671. The molecule has 0 fully saturated rings. The van der Waals surface area contributed by atoms with E-state index in [0.717, 1.165) is 49.8 Å². The maximum Gasteiger partial charge on any atom is 0.124 e. The van der Waals surface area contributed by atoms with Crippen molar-refractivity contribution in [2.75, 3.05) is 25.0 Å². The highest BCUT2D eigenvalue weighted by molar-refractivity contribution is 5.36. The van der Waals surface area contributed by atoms with Gasteiger partial charge in [0.1, 0.15) is 5.82 Å². The molecule has 6 nitrogen and oxygen atoms in total. The Hall–Kier alpha value is -2.60. The summed E-state index contributed by atoms with van der Waals surface area (Å²) in [4.78, 5) is 0. The fourth-order valence-corrected chi connectivity index (χ4v) is 3.56. The first-order chi connectivity index (χ1) is 12.7. The van der Waals surface area contributed by atoms with Gasteiger partial charge in [0.15, 0.2) is 0 Å². The zero-order chi connectivity index (χ0) is 17.9. The highest BCUT2D eigenvalue weighted by atomic mass is 15.3. The molecule has 0 aliphatic carbocycles. The molecule has 1 aliphatic rings. The summed E-state index contributed by atoms with van der Waals surface area (Å²) < 4.78 is 4.05. The molecule has 136 valence electrons. The van der Waals surface area contributed by atoms with Crippen molar-refractivity contribution in [3.63, 3.8) is 0 Å². The second kappa shape index (κ2) is 7.33. The van der Waals surface area contributed by atoms with Crippen LogP contribution in [0.15, 0.2) is 42.6 Å². The van der Waals surface area contributed by atoms with E-state index in [1.54, 1.807) is 0 Å². The molecule has 1 aliphatic heterocycles. The molecular formula is C20H26N6. The Balaban J connectivity index is 1.25. The van der Waals surface area contributed by atoms with Crippen molar-refractivity contribution in [3.8, 4) is 5.69 Å². The monoisotopic (exact) mass is 350 g/mol. The van der Waals surface area contributed by atoms with Crippen molar-refractivity contribution in [3.05, 3.63) is 59.5 Å². The van der Waals surface area contributed by atoms with Gasteiger partial charge in [0.25, 0.3) is 0 Å². The first-order valence-corrected chi connectivity index (χ1v) is 9.28. The Morgan fingerprint density at radius 1 is 1.19 bits per heavy atom. The summed E-state index contributed by atoms with van der Waals surface area (Å²) in [6.45, 7) is 8.11. The molecule has 0 saturated carbocycles. The number of anilines is 1. The second-order valence-electron chi connectivity index (χ2n) is 7.10. The molecule has 6 heteroatoms. The average Bonchev–Trinajstić information content (AvgIpc) is 3.24. The zero-order valence-electron chi connectivity index (χ0n) is 15.4. The second-order valence-corrected chi connectivity index (χ2v) is 7.10. The summed E-state index contributed by atoms with van der Waals surface area (Å²) in [5, 5.41) is 15.9. The van der Waals surface area contributed by atoms with E-state index in [0.29, 0.717) is 5.92 Å². The van der Waals surface area contributed by atoms with Crippen LogP contribution < -0.4 is 10.6 Å². The highest BCUT2D eigenvalue weighted by Crippen LogP contribution is 2.16. The Morgan fingerprint density at radius 2 is 2.04 bits per heavy atom. The molecule has 1 unspecified atom stereocenters. The number of rotatable bonds is 6.